The summed E-state index contributed by atoms with van der Waals surface area (Å²) in [6.45, 7) is -0.245. The van der Waals surface area contributed by atoms with E-state index in [2.05, 4.69) is 15.9 Å². The van der Waals surface area contributed by atoms with E-state index in [0.717, 1.165) is 12.1 Å². The summed E-state index contributed by atoms with van der Waals surface area (Å²) in [6.07, 6.45) is -0.969. The Balaban J connectivity index is 2.96. The van der Waals surface area contributed by atoms with Gasteiger partial charge in [-0.15, -0.1) is 11.6 Å². The summed E-state index contributed by atoms with van der Waals surface area (Å²) in [5.41, 5.74) is -0.389. The minimum absolute atomic E-state index is 0.0329. The minimum atomic E-state index is -0.969. The van der Waals surface area contributed by atoms with Gasteiger partial charge in [-0.2, -0.15) is 0 Å². The van der Waals surface area contributed by atoms with Gasteiger partial charge < -0.3 is 9.84 Å². The Morgan fingerprint density at radius 1 is 1.65 bits per heavy atom. The van der Waals surface area contributed by atoms with E-state index in [-0.39, 0.29) is 28.4 Å². The van der Waals surface area contributed by atoms with E-state index in [9.17, 15) is 14.5 Å². The summed E-state index contributed by atoms with van der Waals surface area (Å²) in [4.78, 5) is 9.99. The van der Waals surface area contributed by atoms with Gasteiger partial charge in [0, 0.05) is 12.1 Å². The molecule has 0 aromatic heterocycles. The van der Waals surface area contributed by atoms with Crippen molar-refractivity contribution in [1.29, 1.82) is 0 Å². The van der Waals surface area contributed by atoms with Gasteiger partial charge in [-0.1, -0.05) is 0 Å². The van der Waals surface area contributed by atoms with Crippen LogP contribution in [0, 0.1) is 15.9 Å². The van der Waals surface area contributed by atoms with Gasteiger partial charge in [0.1, 0.15) is 18.5 Å². The molecule has 0 spiro atoms. The fraction of sp³-hybridized carbons (Fsp3) is 0.333. The molecule has 0 fully saturated rings. The molecule has 0 aliphatic rings. The Hall–Kier alpha value is -0.920. The molecule has 0 amide bonds. The number of alkyl halides is 1. The monoisotopic (exact) mass is 327 g/mol. The lowest BCUT2D eigenvalue weighted by atomic mass is 10.3. The number of nitrogens with zero attached hydrogens (tertiary/aromatic N) is 1. The highest BCUT2D eigenvalue weighted by Crippen LogP contribution is 2.32. The number of rotatable bonds is 5. The van der Waals surface area contributed by atoms with Gasteiger partial charge in [-0.25, -0.2) is 4.39 Å². The van der Waals surface area contributed by atoms with Gasteiger partial charge in [-0.3, -0.25) is 10.1 Å². The molecule has 0 aliphatic carbocycles. The molecule has 0 aliphatic heterocycles. The number of halogens is 3. The lowest BCUT2D eigenvalue weighted by Gasteiger charge is -2.10. The first-order valence-corrected chi connectivity index (χ1v) is 5.78. The maximum absolute atomic E-state index is 13.2. The van der Waals surface area contributed by atoms with Crippen molar-refractivity contribution in [3.05, 3.63) is 32.5 Å². The number of nitro benzene ring substituents is 1. The van der Waals surface area contributed by atoms with Crippen LogP contribution in [0.15, 0.2) is 16.6 Å². The van der Waals surface area contributed by atoms with E-state index in [1.807, 2.05) is 0 Å². The second-order valence-electron chi connectivity index (χ2n) is 3.11. The number of aliphatic hydroxyl groups excluding tert-OH is 1. The first kappa shape index (κ1) is 14.1. The third-order valence-electron chi connectivity index (χ3n) is 1.81. The summed E-state index contributed by atoms with van der Waals surface area (Å²) in [6, 6.07) is 1.88. The molecule has 5 nitrogen and oxygen atoms in total. The molecule has 94 valence electrons. The minimum Gasteiger partial charge on any atom is -0.484 e. The zero-order valence-corrected chi connectivity index (χ0v) is 10.7. The number of aliphatic hydroxyl groups is 1. The fourth-order valence-electron chi connectivity index (χ4n) is 1.01. The van der Waals surface area contributed by atoms with Crippen LogP contribution in [0.25, 0.3) is 0 Å². The zero-order chi connectivity index (χ0) is 13.0. The smallest absolute Gasteiger partial charge is 0.312 e. The topological polar surface area (TPSA) is 72.6 Å². The van der Waals surface area contributed by atoms with E-state index < -0.39 is 16.8 Å². The van der Waals surface area contributed by atoms with Gasteiger partial charge in [0.25, 0.3) is 0 Å². The van der Waals surface area contributed by atoms with Crippen molar-refractivity contribution < 1.29 is 19.2 Å². The molecule has 17 heavy (non-hydrogen) atoms. The van der Waals surface area contributed by atoms with Gasteiger partial charge in [0.15, 0.2) is 5.75 Å². The molecule has 0 bridgehead atoms. The molecular weight excluding hydrogens is 320 g/mol. The lowest BCUT2D eigenvalue weighted by molar-refractivity contribution is -0.386. The Labute approximate surface area is 109 Å². The van der Waals surface area contributed by atoms with Crippen LogP contribution in [0.2, 0.25) is 0 Å². The van der Waals surface area contributed by atoms with Crippen LogP contribution in [-0.4, -0.2) is 28.6 Å². The Morgan fingerprint density at radius 3 is 2.82 bits per heavy atom. The predicted octanol–water partition coefficient (Wildman–Crippen LogP) is 2.47. The summed E-state index contributed by atoms with van der Waals surface area (Å²) in [7, 11) is 0. The van der Waals surface area contributed by atoms with Crippen LogP contribution in [0.5, 0.6) is 5.75 Å². The van der Waals surface area contributed by atoms with Crippen molar-refractivity contribution in [1.82, 2.24) is 0 Å². The fourth-order valence-corrected chi connectivity index (χ4v) is 1.43. The second-order valence-corrected chi connectivity index (χ2v) is 4.27. The highest BCUT2D eigenvalue weighted by atomic mass is 79.9. The van der Waals surface area contributed by atoms with Crippen molar-refractivity contribution in [3.8, 4) is 5.75 Å². The number of ether oxygens (including phenoxy) is 1. The van der Waals surface area contributed by atoms with Crippen LogP contribution >= 0.6 is 27.5 Å². The third-order valence-corrected chi connectivity index (χ3v) is 2.77. The summed E-state index contributed by atoms with van der Waals surface area (Å²) in [5, 5.41) is 19.8. The van der Waals surface area contributed by atoms with Crippen molar-refractivity contribution in [2.24, 2.45) is 0 Å². The molecule has 0 heterocycles. The molecule has 8 heteroatoms. The van der Waals surface area contributed by atoms with Gasteiger partial charge in [0.2, 0.25) is 0 Å². The Morgan fingerprint density at radius 2 is 2.29 bits per heavy atom. The van der Waals surface area contributed by atoms with E-state index in [0.29, 0.717) is 0 Å². The highest BCUT2D eigenvalue weighted by Gasteiger charge is 2.19. The Bertz CT molecular complexity index is 432. The highest BCUT2D eigenvalue weighted by molar-refractivity contribution is 9.10. The largest absolute Gasteiger partial charge is 0.484 e. The molecule has 0 radical (unpaired) electrons. The van der Waals surface area contributed by atoms with Gasteiger partial charge in [0.05, 0.1) is 15.3 Å². The van der Waals surface area contributed by atoms with E-state index in [4.69, 9.17) is 21.4 Å². The average molecular weight is 329 g/mol. The molecule has 1 unspecified atom stereocenters. The summed E-state index contributed by atoms with van der Waals surface area (Å²) < 4.78 is 18.1. The van der Waals surface area contributed by atoms with Gasteiger partial charge >= 0.3 is 5.69 Å². The number of benzene rings is 1. The van der Waals surface area contributed by atoms with Crippen molar-refractivity contribution in [2.45, 2.75) is 6.10 Å². The summed E-state index contributed by atoms with van der Waals surface area (Å²) >= 11 is 8.17. The molecule has 0 saturated heterocycles. The standard InChI is InChI=1S/C9H8BrClFNO4/c10-6-1-8(13(15)16)9(2-7(6)12)17-4-5(14)3-11/h1-2,5,14H,3-4H2. The SMILES string of the molecule is O=[N+]([O-])c1cc(Br)c(F)cc1OCC(O)CCl. The first-order chi connectivity index (χ1) is 7.95. The van der Waals surface area contributed by atoms with Crippen LogP contribution < -0.4 is 4.74 Å². The maximum atomic E-state index is 13.2. The average Bonchev–Trinajstić information content (AvgIpc) is 2.29. The van der Waals surface area contributed by atoms with E-state index in [1.165, 1.54) is 0 Å². The maximum Gasteiger partial charge on any atom is 0.312 e. The second kappa shape index (κ2) is 6.13. The zero-order valence-electron chi connectivity index (χ0n) is 8.40. The number of nitro groups is 1. The van der Waals surface area contributed by atoms with E-state index >= 15 is 0 Å². The third kappa shape index (κ3) is 3.79. The molecule has 0 saturated carbocycles. The lowest BCUT2D eigenvalue weighted by Crippen LogP contribution is -2.19. The molecule has 1 rings (SSSR count). The Kier molecular flexibility index (Phi) is 5.10. The molecule has 1 N–H and O–H groups in total. The molecule has 1 aromatic carbocycles. The van der Waals surface area contributed by atoms with Crippen LogP contribution in [0.4, 0.5) is 10.1 Å². The molecule has 1 atom stereocenters. The van der Waals surface area contributed by atoms with Crippen molar-refractivity contribution in [3.63, 3.8) is 0 Å². The number of hydrogen-bond donors (Lipinski definition) is 1. The normalized spacial score (nSPS) is 12.2. The van der Waals surface area contributed by atoms with Crippen molar-refractivity contribution in [2.75, 3.05) is 12.5 Å². The first-order valence-electron chi connectivity index (χ1n) is 4.46. The van der Waals surface area contributed by atoms with E-state index in [1.54, 1.807) is 0 Å². The summed E-state index contributed by atoms with van der Waals surface area (Å²) in [5.74, 6) is -1.02. The van der Waals surface area contributed by atoms with Crippen molar-refractivity contribution >= 4 is 33.2 Å². The predicted molar refractivity (Wildman–Crippen MR) is 63.0 cm³/mol. The van der Waals surface area contributed by atoms with Crippen LogP contribution in [0.3, 0.4) is 0 Å². The molecule has 1 aromatic rings. The molecular formula is C9H8BrClFNO4. The van der Waals surface area contributed by atoms with Crippen LogP contribution in [-0.2, 0) is 0 Å². The van der Waals surface area contributed by atoms with Crippen LogP contribution in [0.1, 0.15) is 0 Å². The number of hydrogen-bond acceptors (Lipinski definition) is 4. The van der Waals surface area contributed by atoms with Gasteiger partial charge in [-0.05, 0) is 15.9 Å². The quantitative estimate of drug-likeness (QED) is 0.512.